The lowest BCUT2D eigenvalue weighted by atomic mass is 10.2. The first kappa shape index (κ1) is 19.2. The quantitative estimate of drug-likeness (QED) is 0.706. The zero-order chi connectivity index (χ0) is 19.4. The van der Waals surface area contributed by atoms with Gasteiger partial charge in [0.1, 0.15) is 0 Å². The second-order valence-electron chi connectivity index (χ2n) is 5.74. The number of pyridine rings is 1. The Morgan fingerprint density at radius 2 is 1.88 bits per heavy atom. The number of carbonyl (C=O) groups excluding carboxylic acids is 1. The molecule has 10 heteroatoms. The van der Waals surface area contributed by atoms with Crippen LogP contribution in [0.2, 0.25) is 0 Å². The van der Waals surface area contributed by atoms with Gasteiger partial charge in [0.15, 0.2) is 11.5 Å². The molecule has 0 saturated carbocycles. The molecule has 9 nitrogen and oxygen atoms in total. The van der Waals surface area contributed by atoms with Crippen molar-refractivity contribution in [2.45, 2.75) is 0 Å². The number of carboxylic acids is 1. The summed E-state index contributed by atoms with van der Waals surface area (Å²) in [4.78, 5) is 29.9. The van der Waals surface area contributed by atoms with E-state index in [0.717, 1.165) is 4.88 Å². The summed E-state index contributed by atoms with van der Waals surface area (Å²) in [5.74, 6) is -0.504. The van der Waals surface area contributed by atoms with Gasteiger partial charge < -0.3 is 20.6 Å². The number of carbonyl (C=O) groups is 2. The number of aromatic nitrogens is 3. The van der Waals surface area contributed by atoms with E-state index >= 15 is 0 Å². The number of amides is 2. The molecule has 3 N–H and O–H groups in total. The predicted octanol–water partition coefficient (Wildman–Crippen LogP) is 1.97. The van der Waals surface area contributed by atoms with Gasteiger partial charge in [0.2, 0.25) is 0 Å². The highest BCUT2D eigenvalue weighted by atomic mass is 32.1. The summed E-state index contributed by atoms with van der Waals surface area (Å²) in [6.45, 7) is 0. The number of nitrogen functional groups attached to an aromatic ring is 1. The Balaban J connectivity index is 0.000000260. The fourth-order valence-corrected chi connectivity index (χ4v) is 2.69. The zero-order valence-electron chi connectivity index (χ0n) is 14.9. The minimum atomic E-state index is -1.04. The van der Waals surface area contributed by atoms with E-state index in [9.17, 15) is 9.59 Å². The number of hydrogen-bond acceptors (Lipinski definition) is 6. The molecule has 3 aromatic heterocycles. The van der Waals surface area contributed by atoms with Gasteiger partial charge in [-0.3, -0.25) is 0 Å². The minimum Gasteiger partial charge on any atom is -0.478 e. The third kappa shape index (κ3) is 4.28. The van der Waals surface area contributed by atoms with E-state index in [1.165, 1.54) is 37.9 Å². The molecule has 2 amide bonds. The molecule has 0 saturated heterocycles. The molecule has 26 heavy (non-hydrogen) atoms. The largest absolute Gasteiger partial charge is 0.478 e. The second kappa shape index (κ2) is 7.83. The van der Waals surface area contributed by atoms with E-state index in [1.807, 2.05) is 17.5 Å². The maximum atomic E-state index is 10.9. The molecule has 3 rings (SSSR count). The van der Waals surface area contributed by atoms with Crippen LogP contribution in [0.1, 0.15) is 10.4 Å². The van der Waals surface area contributed by atoms with Crippen molar-refractivity contribution >= 4 is 34.7 Å². The molecule has 0 unspecified atom stereocenters. The van der Waals surface area contributed by atoms with E-state index < -0.39 is 5.97 Å². The van der Waals surface area contributed by atoms with E-state index in [-0.39, 0.29) is 11.6 Å². The van der Waals surface area contributed by atoms with E-state index in [2.05, 4.69) is 10.1 Å². The summed E-state index contributed by atoms with van der Waals surface area (Å²) >= 11 is 1.51. The van der Waals surface area contributed by atoms with Crippen LogP contribution in [-0.2, 0) is 0 Å². The molecule has 0 aromatic carbocycles. The van der Waals surface area contributed by atoms with Crippen LogP contribution in [0.3, 0.4) is 0 Å². The van der Waals surface area contributed by atoms with Gasteiger partial charge in [-0.05, 0) is 17.5 Å². The molecule has 0 fully saturated rings. The van der Waals surface area contributed by atoms with Crippen LogP contribution in [-0.4, -0.2) is 69.7 Å². The molecule has 0 aliphatic carbocycles. The number of anilines is 1. The summed E-state index contributed by atoms with van der Waals surface area (Å²) in [6, 6.07) is 5.20. The molecule has 0 aliphatic heterocycles. The van der Waals surface area contributed by atoms with Crippen molar-refractivity contribution in [3.05, 3.63) is 35.3 Å². The van der Waals surface area contributed by atoms with Crippen molar-refractivity contribution in [3.63, 3.8) is 0 Å². The fourth-order valence-electron chi connectivity index (χ4n) is 2.04. The topological polar surface area (TPSA) is 117 Å². The smallest absolute Gasteiger partial charge is 0.337 e. The molecule has 0 spiro atoms. The second-order valence-corrected chi connectivity index (χ2v) is 6.69. The zero-order valence-corrected chi connectivity index (χ0v) is 15.7. The first-order valence-electron chi connectivity index (χ1n) is 7.52. The van der Waals surface area contributed by atoms with Crippen LogP contribution in [0, 0.1) is 0 Å². The molecule has 0 aliphatic rings. The molecule has 0 bridgehead atoms. The van der Waals surface area contributed by atoms with Crippen LogP contribution in [0.15, 0.2) is 29.8 Å². The standard InChI is InChI=1S/C11H8N4O2S.C5H12N2O/c12-7-4-6(11(16)17)5-15-10(7)13-9(14-15)8-2-1-3-18-8;1-6(2)5(8)7(3)4/h1-5H,12H2,(H,16,17);1-4H3. The number of thiophene rings is 1. The maximum absolute atomic E-state index is 10.9. The Morgan fingerprint density at radius 3 is 2.35 bits per heavy atom. The Labute approximate surface area is 154 Å². The highest BCUT2D eigenvalue weighted by molar-refractivity contribution is 7.13. The molecule has 3 heterocycles. The average Bonchev–Trinajstić information content (AvgIpc) is 3.23. The van der Waals surface area contributed by atoms with Gasteiger partial charge in [0.05, 0.1) is 16.1 Å². The predicted molar refractivity (Wildman–Crippen MR) is 100 cm³/mol. The Morgan fingerprint density at radius 1 is 1.23 bits per heavy atom. The molecular formula is C16H20N6O3S. The minimum absolute atomic E-state index is 0.0185. The number of urea groups is 1. The van der Waals surface area contributed by atoms with Crippen molar-refractivity contribution in [2.24, 2.45) is 0 Å². The van der Waals surface area contributed by atoms with Crippen LogP contribution < -0.4 is 5.73 Å². The van der Waals surface area contributed by atoms with Crippen molar-refractivity contribution in [3.8, 4) is 10.7 Å². The fraction of sp³-hybridized carbons (Fsp3) is 0.250. The highest BCUT2D eigenvalue weighted by Gasteiger charge is 2.13. The number of aromatic carboxylic acids is 1. The summed E-state index contributed by atoms with van der Waals surface area (Å²) in [5, 5.41) is 15.1. The lowest BCUT2D eigenvalue weighted by Gasteiger charge is -2.16. The molecule has 0 radical (unpaired) electrons. The number of nitrogens with two attached hydrogens (primary N) is 1. The van der Waals surface area contributed by atoms with Gasteiger partial charge in [-0.15, -0.1) is 16.4 Å². The summed E-state index contributed by atoms with van der Waals surface area (Å²) in [5.41, 5.74) is 6.62. The van der Waals surface area contributed by atoms with Crippen LogP contribution >= 0.6 is 11.3 Å². The summed E-state index contributed by atoms with van der Waals surface area (Å²) in [7, 11) is 6.90. The van der Waals surface area contributed by atoms with Crippen molar-refractivity contribution in [2.75, 3.05) is 33.9 Å². The maximum Gasteiger partial charge on any atom is 0.337 e. The van der Waals surface area contributed by atoms with Crippen LogP contribution in [0.25, 0.3) is 16.3 Å². The van der Waals surface area contributed by atoms with Crippen molar-refractivity contribution < 1.29 is 14.7 Å². The number of hydrogen-bond donors (Lipinski definition) is 2. The van der Waals surface area contributed by atoms with Gasteiger partial charge in [-0.1, -0.05) is 6.07 Å². The van der Waals surface area contributed by atoms with Crippen LogP contribution in [0.4, 0.5) is 10.5 Å². The Hall–Kier alpha value is -3.14. The first-order valence-corrected chi connectivity index (χ1v) is 8.40. The lowest BCUT2D eigenvalue weighted by molar-refractivity contribution is 0.0696. The SMILES string of the molecule is CN(C)C(=O)N(C)C.Nc1cc(C(=O)O)cn2nc(-c3cccs3)nc12. The number of nitrogens with zero attached hydrogens (tertiary/aromatic N) is 5. The van der Waals surface area contributed by atoms with Crippen molar-refractivity contribution in [1.82, 2.24) is 24.4 Å². The Bertz CT molecular complexity index is 908. The monoisotopic (exact) mass is 376 g/mol. The summed E-state index contributed by atoms with van der Waals surface area (Å²) in [6.07, 6.45) is 1.40. The molecule has 3 aromatic rings. The number of carboxylic acid groups (broad SMARTS) is 1. The Kier molecular flexibility index (Phi) is 5.78. The van der Waals surface area contributed by atoms with Crippen LogP contribution in [0.5, 0.6) is 0 Å². The van der Waals surface area contributed by atoms with Gasteiger partial charge in [-0.25, -0.2) is 19.1 Å². The highest BCUT2D eigenvalue weighted by Crippen LogP contribution is 2.23. The third-order valence-corrected chi connectivity index (χ3v) is 4.08. The molecule has 138 valence electrons. The van der Waals surface area contributed by atoms with E-state index in [1.54, 1.807) is 28.2 Å². The van der Waals surface area contributed by atoms with E-state index in [4.69, 9.17) is 10.8 Å². The van der Waals surface area contributed by atoms with Gasteiger partial charge in [0.25, 0.3) is 0 Å². The number of rotatable bonds is 2. The first-order chi connectivity index (χ1) is 12.2. The van der Waals surface area contributed by atoms with Gasteiger partial charge in [0, 0.05) is 34.4 Å². The molecule has 0 atom stereocenters. The van der Waals surface area contributed by atoms with Gasteiger partial charge >= 0.3 is 12.0 Å². The van der Waals surface area contributed by atoms with E-state index in [0.29, 0.717) is 17.2 Å². The van der Waals surface area contributed by atoms with Gasteiger partial charge in [-0.2, -0.15) is 0 Å². The normalized spacial score (nSPS) is 10.2. The molecular weight excluding hydrogens is 356 g/mol. The lowest BCUT2D eigenvalue weighted by Crippen LogP contribution is -2.33. The van der Waals surface area contributed by atoms with Crippen molar-refractivity contribution in [1.29, 1.82) is 0 Å². The summed E-state index contributed by atoms with van der Waals surface area (Å²) < 4.78 is 1.40. The third-order valence-electron chi connectivity index (χ3n) is 3.22. The average molecular weight is 376 g/mol. The number of fused-ring (bicyclic) bond motifs is 1.